The van der Waals surface area contributed by atoms with Crippen LogP contribution in [0.15, 0.2) is 54.1 Å². The van der Waals surface area contributed by atoms with Gasteiger partial charge in [0.05, 0.1) is 49.8 Å². The van der Waals surface area contributed by atoms with E-state index in [2.05, 4.69) is 0 Å². The molecule has 2 aliphatic rings. The molecular formula is C32H30N2O8S. The topological polar surface area (TPSA) is 117 Å². The van der Waals surface area contributed by atoms with E-state index in [9.17, 15) is 14.7 Å². The van der Waals surface area contributed by atoms with Gasteiger partial charge in [-0.3, -0.25) is 14.5 Å². The van der Waals surface area contributed by atoms with Crippen LogP contribution in [0.25, 0.3) is 16.0 Å². The smallest absolute Gasteiger partial charge is 0.301 e. The van der Waals surface area contributed by atoms with Crippen LogP contribution >= 0.6 is 11.3 Å². The predicted octanol–water partition coefficient (Wildman–Crippen LogP) is 5.67. The van der Waals surface area contributed by atoms with E-state index >= 15 is 0 Å². The molecule has 6 rings (SSSR count). The molecule has 3 heterocycles. The highest BCUT2D eigenvalue weighted by atomic mass is 32.1. The first kappa shape index (κ1) is 28.4. The molecular weight excluding hydrogens is 572 g/mol. The molecule has 2 atom stereocenters. The number of ketones is 1. The summed E-state index contributed by atoms with van der Waals surface area (Å²) in [5.74, 6) is 0.449. The SMILES string of the molecule is CCOc1ccc2nc(N3C(=O)C(=O)/C(=C(/O)c4ccc5c(c4)C[C@@H](C)O5)[C@@H]3c3cc(OC)c(OC)c(OC)c3)sc2c1. The molecule has 0 spiro atoms. The highest BCUT2D eigenvalue weighted by molar-refractivity contribution is 7.22. The van der Waals surface area contributed by atoms with Crippen LogP contribution in [0.1, 0.15) is 36.6 Å². The molecule has 0 bridgehead atoms. The van der Waals surface area contributed by atoms with Crippen molar-refractivity contribution in [2.75, 3.05) is 32.8 Å². The Balaban J connectivity index is 1.56. The molecule has 43 heavy (non-hydrogen) atoms. The van der Waals surface area contributed by atoms with Crippen molar-refractivity contribution in [1.82, 2.24) is 4.98 Å². The molecule has 10 nitrogen and oxygen atoms in total. The highest BCUT2D eigenvalue weighted by Crippen LogP contribution is 2.48. The average Bonchev–Trinajstić information content (AvgIpc) is 3.67. The van der Waals surface area contributed by atoms with Crippen LogP contribution < -0.4 is 28.6 Å². The molecule has 0 radical (unpaired) electrons. The van der Waals surface area contributed by atoms with E-state index in [1.807, 2.05) is 19.9 Å². The zero-order valence-electron chi connectivity index (χ0n) is 24.3. The number of methoxy groups -OCH3 is 3. The zero-order chi connectivity index (χ0) is 30.4. The van der Waals surface area contributed by atoms with Crippen LogP contribution in [0.2, 0.25) is 0 Å². The maximum atomic E-state index is 13.8. The number of thiazole rings is 1. The van der Waals surface area contributed by atoms with Gasteiger partial charge in [-0.2, -0.15) is 0 Å². The van der Waals surface area contributed by atoms with Crippen molar-refractivity contribution >= 4 is 44.1 Å². The van der Waals surface area contributed by atoms with Crippen molar-refractivity contribution < 1.29 is 38.4 Å². The first-order valence-electron chi connectivity index (χ1n) is 13.7. The lowest BCUT2D eigenvalue weighted by Gasteiger charge is -2.24. The number of hydrogen-bond donors (Lipinski definition) is 1. The van der Waals surface area contributed by atoms with E-state index in [1.165, 1.54) is 37.6 Å². The molecule has 1 aromatic heterocycles. The number of fused-ring (bicyclic) bond motifs is 2. The van der Waals surface area contributed by atoms with Crippen molar-refractivity contribution in [3.63, 3.8) is 0 Å². The summed E-state index contributed by atoms with van der Waals surface area (Å²) in [5, 5.41) is 12.0. The number of carbonyl (C=O) groups is 2. The van der Waals surface area contributed by atoms with Crippen molar-refractivity contribution in [2.45, 2.75) is 32.4 Å². The fraction of sp³-hybridized carbons (Fsp3) is 0.281. The predicted molar refractivity (Wildman–Crippen MR) is 162 cm³/mol. The maximum absolute atomic E-state index is 13.8. The van der Waals surface area contributed by atoms with Gasteiger partial charge in [0, 0.05) is 12.0 Å². The summed E-state index contributed by atoms with van der Waals surface area (Å²) >= 11 is 1.25. The summed E-state index contributed by atoms with van der Waals surface area (Å²) in [7, 11) is 4.45. The van der Waals surface area contributed by atoms with Gasteiger partial charge in [0.1, 0.15) is 23.4 Å². The van der Waals surface area contributed by atoms with Gasteiger partial charge in [-0.05, 0) is 73.5 Å². The minimum absolute atomic E-state index is 0.000479. The van der Waals surface area contributed by atoms with Gasteiger partial charge < -0.3 is 28.8 Å². The Bertz CT molecular complexity index is 1770. The van der Waals surface area contributed by atoms with E-state index in [4.69, 9.17) is 28.7 Å². The second-order valence-electron chi connectivity index (χ2n) is 10.1. The maximum Gasteiger partial charge on any atom is 0.301 e. The van der Waals surface area contributed by atoms with Crippen LogP contribution in [0.4, 0.5) is 5.13 Å². The molecule has 1 amide bonds. The summed E-state index contributed by atoms with van der Waals surface area (Å²) in [6.45, 7) is 4.36. The van der Waals surface area contributed by atoms with Crippen LogP contribution in [0.5, 0.6) is 28.7 Å². The van der Waals surface area contributed by atoms with Gasteiger partial charge >= 0.3 is 5.91 Å². The van der Waals surface area contributed by atoms with E-state index < -0.39 is 17.7 Å². The number of aliphatic hydroxyl groups excluding tert-OH is 1. The molecule has 222 valence electrons. The van der Waals surface area contributed by atoms with Gasteiger partial charge in [0.15, 0.2) is 16.6 Å². The van der Waals surface area contributed by atoms with Crippen LogP contribution in [-0.2, 0) is 16.0 Å². The molecule has 11 heteroatoms. The lowest BCUT2D eigenvalue weighted by atomic mass is 9.94. The summed E-state index contributed by atoms with van der Waals surface area (Å²) in [5.41, 5.74) is 2.33. The average molecular weight is 603 g/mol. The molecule has 1 saturated heterocycles. The molecule has 4 aromatic rings. The first-order valence-corrected chi connectivity index (χ1v) is 14.5. The number of amides is 1. The molecule has 1 N–H and O–H groups in total. The number of benzene rings is 3. The number of carbonyl (C=O) groups excluding carboxylic acids is 2. The summed E-state index contributed by atoms with van der Waals surface area (Å²) in [6.07, 6.45) is 0.663. The van der Waals surface area contributed by atoms with Gasteiger partial charge in [0.25, 0.3) is 5.78 Å². The lowest BCUT2D eigenvalue weighted by molar-refractivity contribution is -0.132. The molecule has 3 aromatic carbocycles. The van der Waals surface area contributed by atoms with Gasteiger partial charge in [0.2, 0.25) is 5.75 Å². The third kappa shape index (κ3) is 4.79. The normalized spacial score (nSPS) is 19.0. The molecule has 0 unspecified atom stereocenters. The number of anilines is 1. The van der Waals surface area contributed by atoms with Crippen molar-refractivity contribution in [3.8, 4) is 28.7 Å². The van der Waals surface area contributed by atoms with E-state index in [0.717, 1.165) is 16.0 Å². The van der Waals surface area contributed by atoms with Crippen molar-refractivity contribution in [2.24, 2.45) is 0 Å². The molecule has 0 saturated carbocycles. The van der Waals surface area contributed by atoms with Crippen LogP contribution in [0, 0.1) is 0 Å². The second kappa shape index (κ2) is 11.1. The fourth-order valence-corrected chi connectivity index (χ4v) is 6.60. The van der Waals surface area contributed by atoms with E-state index in [0.29, 0.717) is 57.8 Å². The molecule has 0 aliphatic carbocycles. The summed E-state index contributed by atoms with van der Waals surface area (Å²) in [4.78, 5) is 33.6. The Morgan fingerprint density at radius 1 is 1.05 bits per heavy atom. The Morgan fingerprint density at radius 3 is 2.47 bits per heavy atom. The second-order valence-corrected chi connectivity index (χ2v) is 11.2. The minimum atomic E-state index is -1.05. The number of rotatable bonds is 8. The minimum Gasteiger partial charge on any atom is -0.507 e. The largest absolute Gasteiger partial charge is 0.507 e. The number of Topliss-reactive ketones (excluding diaryl/α,β-unsaturated/α-hetero) is 1. The Kier molecular flexibility index (Phi) is 7.35. The Labute approximate surface area is 252 Å². The quantitative estimate of drug-likeness (QED) is 0.155. The third-order valence-corrected chi connectivity index (χ3v) is 8.50. The fourth-order valence-electron chi connectivity index (χ4n) is 5.58. The summed E-state index contributed by atoms with van der Waals surface area (Å²) in [6, 6.07) is 13.0. The number of hydrogen-bond acceptors (Lipinski definition) is 10. The monoisotopic (exact) mass is 602 g/mol. The highest BCUT2D eigenvalue weighted by Gasteiger charge is 2.49. The number of nitrogens with zero attached hydrogens (tertiary/aromatic N) is 2. The zero-order valence-corrected chi connectivity index (χ0v) is 25.1. The number of aromatic nitrogens is 1. The van der Waals surface area contributed by atoms with Gasteiger partial charge in [-0.25, -0.2) is 4.98 Å². The van der Waals surface area contributed by atoms with Gasteiger partial charge in [-0.1, -0.05) is 11.3 Å². The lowest BCUT2D eigenvalue weighted by Crippen LogP contribution is -2.29. The van der Waals surface area contributed by atoms with E-state index in [-0.39, 0.29) is 17.4 Å². The van der Waals surface area contributed by atoms with Crippen LogP contribution in [-0.4, -0.2) is 55.8 Å². The van der Waals surface area contributed by atoms with E-state index in [1.54, 1.807) is 42.5 Å². The van der Waals surface area contributed by atoms with Crippen LogP contribution in [0.3, 0.4) is 0 Å². The first-order chi connectivity index (χ1) is 20.8. The van der Waals surface area contributed by atoms with Gasteiger partial charge in [-0.15, -0.1) is 0 Å². The molecule has 2 aliphatic heterocycles. The van der Waals surface area contributed by atoms with Crippen molar-refractivity contribution in [1.29, 1.82) is 0 Å². The third-order valence-electron chi connectivity index (χ3n) is 7.48. The Hall–Kier alpha value is -4.77. The standard InChI is InChI=1S/C32H30N2O8S/c1-6-41-20-8-9-21-25(15-20)43-32(33-21)34-27(19-13-23(38-3)30(40-5)24(14-19)39-4)26(29(36)31(34)37)28(35)17-7-10-22-18(12-17)11-16(2)42-22/h7-10,12-16,27,35H,6,11H2,1-5H3/b28-26+/t16-,27+/m1/s1. The number of aliphatic hydroxyl groups is 1. The number of ether oxygens (including phenoxy) is 5. The molecule has 1 fully saturated rings. The Morgan fingerprint density at radius 2 is 1.79 bits per heavy atom. The summed E-state index contributed by atoms with van der Waals surface area (Å²) < 4.78 is 28.9. The van der Waals surface area contributed by atoms with Crippen molar-refractivity contribution in [3.05, 3.63) is 70.8 Å².